The van der Waals surface area contributed by atoms with Crippen molar-refractivity contribution in [2.24, 2.45) is 5.92 Å². The van der Waals surface area contributed by atoms with Gasteiger partial charge in [-0.05, 0) is 37.0 Å². The van der Waals surface area contributed by atoms with Crippen molar-refractivity contribution in [1.82, 2.24) is 15.0 Å². The van der Waals surface area contributed by atoms with E-state index in [1.54, 1.807) is 0 Å². The van der Waals surface area contributed by atoms with Gasteiger partial charge in [-0.15, -0.1) is 0 Å². The molecule has 84 valence electrons. The fourth-order valence-corrected chi connectivity index (χ4v) is 2.20. The Morgan fingerprint density at radius 3 is 3.13 bits per heavy atom. The Hall–Kier alpha value is -1.10. The van der Waals surface area contributed by atoms with Crippen molar-refractivity contribution in [3.05, 3.63) is 5.89 Å². The van der Waals surface area contributed by atoms with E-state index in [-0.39, 0.29) is 5.95 Å². The van der Waals surface area contributed by atoms with Gasteiger partial charge < -0.3 is 15.2 Å². The first-order chi connectivity index (χ1) is 7.28. The summed E-state index contributed by atoms with van der Waals surface area (Å²) in [5, 5.41) is 3.60. The summed E-state index contributed by atoms with van der Waals surface area (Å²) in [6.07, 6.45) is 3.38. The zero-order valence-corrected chi connectivity index (χ0v) is 9.15. The van der Waals surface area contributed by atoms with Crippen molar-refractivity contribution in [1.29, 1.82) is 0 Å². The first-order valence-electron chi connectivity index (χ1n) is 5.58. The van der Waals surface area contributed by atoms with Gasteiger partial charge >= 0.3 is 0 Å². The topological polar surface area (TPSA) is 68.2 Å². The van der Waals surface area contributed by atoms with E-state index in [9.17, 15) is 0 Å². The van der Waals surface area contributed by atoms with Gasteiger partial charge in [0.2, 0.25) is 5.89 Å². The minimum absolute atomic E-state index is 0.244. The van der Waals surface area contributed by atoms with Gasteiger partial charge in [-0.3, -0.25) is 0 Å². The lowest BCUT2D eigenvalue weighted by atomic mass is 9.95. The molecule has 0 spiro atoms. The first kappa shape index (κ1) is 10.4. The summed E-state index contributed by atoms with van der Waals surface area (Å²) in [5.41, 5.74) is 5.41. The molecule has 15 heavy (non-hydrogen) atoms. The van der Waals surface area contributed by atoms with Crippen molar-refractivity contribution in [3.63, 3.8) is 0 Å². The van der Waals surface area contributed by atoms with Crippen LogP contribution >= 0.6 is 0 Å². The molecule has 1 saturated heterocycles. The highest BCUT2D eigenvalue weighted by Gasteiger charge is 2.21. The van der Waals surface area contributed by atoms with Crippen LogP contribution in [0.5, 0.6) is 0 Å². The maximum Gasteiger partial charge on any atom is 0.260 e. The van der Waals surface area contributed by atoms with E-state index in [0.717, 1.165) is 19.5 Å². The van der Waals surface area contributed by atoms with Gasteiger partial charge in [0.05, 0.1) is 0 Å². The summed E-state index contributed by atoms with van der Waals surface area (Å²) < 4.78 is 5.03. The third-order valence-corrected chi connectivity index (χ3v) is 3.00. The van der Waals surface area contributed by atoms with Crippen molar-refractivity contribution in [2.75, 3.05) is 25.4 Å². The number of piperidine rings is 1. The maximum absolute atomic E-state index is 5.41. The zero-order chi connectivity index (χ0) is 10.7. The predicted molar refractivity (Wildman–Crippen MR) is 57.3 cm³/mol. The molecule has 2 rings (SSSR count). The summed E-state index contributed by atoms with van der Waals surface area (Å²) in [6, 6.07) is 0. The number of aromatic nitrogens is 2. The summed E-state index contributed by atoms with van der Waals surface area (Å²) in [4.78, 5) is 6.50. The van der Waals surface area contributed by atoms with Crippen LogP contribution in [0.4, 0.5) is 5.95 Å². The standard InChI is InChI=1S/C10H18N4O/c1-2-14-5-3-4-8(7-14)6-9-12-10(11)13-15-9/h8H,2-7H2,1H3,(H2,11,13). The van der Waals surface area contributed by atoms with Crippen molar-refractivity contribution < 1.29 is 4.52 Å². The maximum atomic E-state index is 5.41. The largest absolute Gasteiger partial charge is 0.365 e. The van der Waals surface area contributed by atoms with Gasteiger partial charge in [0, 0.05) is 13.0 Å². The minimum atomic E-state index is 0.244. The van der Waals surface area contributed by atoms with Crippen molar-refractivity contribution >= 4 is 5.95 Å². The highest BCUT2D eigenvalue weighted by molar-refractivity contribution is 5.10. The lowest BCUT2D eigenvalue weighted by molar-refractivity contribution is 0.174. The summed E-state index contributed by atoms with van der Waals surface area (Å²) in [6.45, 7) is 5.69. The lowest BCUT2D eigenvalue weighted by Gasteiger charge is -2.30. The van der Waals surface area contributed by atoms with E-state index in [4.69, 9.17) is 10.3 Å². The van der Waals surface area contributed by atoms with Crippen molar-refractivity contribution in [3.8, 4) is 0 Å². The van der Waals surface area contributed by atoms with Gasteiger partial charge in [0.25, 0.3) is 5.95 Å². The minimum Gasteiger partial charge on any atom is -0.365 e. The number of likely N-dealkylation sites (tertiary alicyclic amines) is 1. The Bertz CT molecular complexity index is 312. The van der Waals surface area contributed by atoms with E-state index >= 15 is 0 Å². The third-order valence-electron chi connectivity index (χ3n) is 3.00. The fourth-order valence-electron chi connectivity index (χ4n) is 2.20. The quantitative estimate of drug-likeness (QED) is 0.803. The number of hydrogen-bond donors (Lipinski definition) is 1. The van der Waals surface area contributed by atoms with E-state index in [0.29, 0.717) is 11.8 Å². The molecular weight excluding hydrogens is 192 g/mol. The van der Waals surface area contributed by atoms with Gasteiger partial charge in [0.15, 0.2) is 0 Å². The van der Waals surface area contributed by atoms with Crippen LogP contribution in [-0.2, 0) is 6.42 Å². The van der Waals surface area contributed by atoms with E-state index in [1.165, 1.54) is 19.4 Å². The second kappa shape index (κ2) is 4.61. The fraction of sp³-hybridized carbons (Fsp3) is 0.800. The average Bonchev–Trinajstić information content (AvgIpc) is 2.64. The highest BCUT2D eigenvalue weighted by atomic mass is 16.5. The van der Waals surface area contributed by atoms with Crippen LogP contribution in [0.15, 0.2) is 4.52 Å². The van der Waals surface area contributed by atoms with Crippen LogP contribution in [0, 0.1) is 5.92 Å². The smallest absolute Gasteiger partial charge is 0.260 e. The molecule has 0 aliphatic carbocycles. The molecule has 5 heteroatoms. The lowest BCUT2D eigenvalue weighted by Crippen LogP contribution is -2.35. The van der Waals surface area contributed by atoms with E-state index in [1.807, 2.05) is 0 Å². The van der Waals surface area contributed by atoms with Gasteiger partial charge in [-0.2, -0.15) is 4.98 Å². The highest BCUT2D eigenvalue weighted by Crippen LogP contribution is 2.19. The molecule has 2 heterocycles. The van der Waals surface area contributed by atoms with Crippen LogP contribution in [0.1, 0.15) is 25.7 Å². The Morgan fingerprint density at radius 1 is 1.60 bits per heavy atom. The SMILES string of the molecule is CCN1CCCC(Cc2nc(N)no2)C1. The summed E-state index contributed by atoms with van der Waals surface area (Å²) in [5.74, 6) is 1.56. The average molecular weight is 210 g/mol. The first-order valence-corrected chi connectivity index (χ1v) is 5.58. The number of nitrogen functional groups attached to an aromatic ring is 1. The van der Waals surface area contributed by atoms with Gasteiger partial charge in [0.1, 0.15) is 0 Å². The van der Waals surface area contributed by atoms with Crippen molar-refractivity contribution in [2.45, 2.75) is 26.2 Å². The monoisotopic (exact) mass is 210 g/mol. The molecule has 5 nitrogen and oxygen atoms in total. The molecule has 0 saturated carbocycles. The summed E-state index contributed by atoms with van der Waals surface area (Å²) in [7, 11) is 0. The molecule has 0 amide bonds. The Kier molecular flexibility index (Phi) is 3.20. The Labute approximate surface area is 89.6 Å². The van der Waals surface area contributed by atoms with Crippen LogP contribution in [0.25, 0.3) is 0 Å². The van der Waals surface area contributed by atoms with E-state index < -0.39 is 0 Å². The van der Waals surface area contributed by atoms with Gasteiger partial charge in [-0.25, -0.2) is 0 Å². The molecular formula is C10H18N4O. The van der Waals surface area contributed by atoms with Crippen LogP contribution in [0.3, 0.4) is 0 Å². The number of nitrogens with two attached hydrogens (primary N) is 1. The molecule has 0 aromatic carbocycles. The number of anilines is 1. The molecule has 1 atom stereocenters. The molecule has 1 unspecified atom stereocenters. The predicted octanol–water partition coefficient (Wildman–Crippen LogP) is 0.926. The molecule has 1 fully saturated rings. The molecule has 1 aliphatic heterocycles. The second-order valence-electron chi connectivity index (χ2n) is 4.15. The Balaban J connectivity index is 1.88. The van der Waals surface area contributed by atoms with Crippen LogP contribution in [-0.4, -0.2) is 34.7 Å². The number of hydrogen-bond acceptors (Lipinski definition) is 5. The third kappa shape index (κ3) is 2.68. The van der Waals surface area contributed by atoms with E-state index in [2.05, 4.69) is 22.0 Å². The molecule has 2 N–H and O–H groups in total. The molecule has 1 aromatic rings. The van der Waals surface area contributed by atoms with Gasteiger partial charge in [-0.1, -0.05) is 6.92 Å². The normalized spacial score (nSPS) is 23.1. The Morgan fingerprint density at radius 2 is 2.47 bits per heavy atom. The van der Waals surface area contributed by atoms with Crippen LogP contribution in [0.2, 0.25) is 0 Å². The second-order valence-corrected chi connectivity index (χ2v) is 4.15. The zero-order valence-electron chi connectivity index (χ0n) is 9.15. The number of rotatable bonds is 3. The molecule has 0 bridgehead atoms. The molecule has 0 radical (unpaired) electrons. The van der Waals surface area contributed by atoms with Crippen LogP contribution < -0.4 is 5.73 Å². The summed E-state index contributed by atoms with van der Waals surface area (Å²) >= 11 is 0. The number of nitrogens with zero attached hydrogens (tertiary/aromatic N) is 3. The molecule has 1 aromatic heterocycles. The molecule has 1 aliphatic rings.